The van der Waals surface area contributed by atoms with Crippen molar-refractivity contribution < 1.29 is 0 Å². The largest absolute Gasteiger partial charge is 0.255 e. The first-order valence-electron chi connectivity index (χ1n) is 2.59. The first-order valence-corrected chi connectivity index (χ1v) is 3.58. The molecule has 0 bridgehead atoms. The summed E-state index contributed by atoms with van der Waals surface area (Å²) in [6.45, 7) is 7.57. The molecule has 0 saturated carbocycles. The Labute approximate surface area is 54.9 Å². The third-order valence-electron chi connectivity index (χ3n) is 0.626. The fraction of sp³-hybridized carbons (Fsp3) is 0.500. The van der Waals surface area contributed by atoms with Crippen molar-refractivity contribution >= 4 is 16.8 Å². The van der Waals surface area contributed by atoms with Crippen LogP contribution in [-0.4, -0.2) is 10.8 Å². The SMILES string of the molecule is C=C/N=C(\C)SCC. The highest BCUT2D eigenvalue weighted by Gasteiger charge is 1.83. The Morgan fingerprint density at radius 3 is 2.88 bits per heavy atom. The minimum absolute atomic E-state index is 1.09. The summed E-state index contributed by atoms with van der Waals surface area (Å²) in [5, 5.41) is 1.09. The Hall–Kier alpha value is -0.240. The Morgan fingerprint density at radius 2 is 2.50 bits per heavy atom. The smallest absolute Gasteiger partial charge is 0.0699 e. The fourth-order valence-corrected chi connectivity index (χ4v) is 0.942. The van der Waals surface area contributed by atoms with Crippen LogP contribution in [0, 0.1) is 0 Å². The number of hydrogen-bond donors (Lipinski definition) is 0. The normalized spacial score (nSPS) is 11.5. The van der Waals surface area contributed by atoms with Crippen LogP contribution in [0.2, 0.25) is 0 Å². The number of nitrogens with zero attached hydrogens (tertiary/aromatic N) is 1. The molecule has 0 aliphatic rings. The van der Waals surface area contributed by atoms with Crippen molar-refractivity contribution in [1.29, 1.82) is 0 Å². The molecule has 0 aromatic rings. The van der Waals surface area contributed by atoms with Gasteiger partial charge in [-0.05, 0) is 12.7 Å². The van der Waals surface area contributed by atoms with Crippen LogP contribution in [0.25, 0.3) is 0 Å². The highest BCUT2D eigenvalue weighted by molar-refractivity contribution is 8.13. The first kappa shape index (κ1) is 7.76. The molecule has 0 saturated heterocycles. The molecule has 0 fully saturated rings. The van der Waals surface area contributed by atoms with E-state index < -0.39 is 0 Å². The molecule has 0 aliphatic heterocycles. The van der Waals surface area contributed by atoms with Crippen LogP contribution in [0.15, 0.2) is 17.8 Å². The van der Waals surface area contributed by atoms with Crippen LogP contribution < -0.4 is 0 Å². The van der Waals surface area contributed by atoms with Gasteiger partial charge in [0.05, 0.1) is 5.04 Å². The molecular weight excluding hydrogens is 118 g/mol. The van der Waals surface area contributed by atoms with Crippen molar-refractivity contribution in [3.63, 3.8) is 0 Å². The highest BCUT2D eigenvalue weighted by atomic mass is 32.2. The number of hydrogen-bond acceptors (Lipinski definition) is 2. The molecule has 8 heavy (non-hydrogen) atoms. The lowest BCUT2D eigenvalue weighted by atomic mass is 10.8. The zero-order valence-electron chi connectivity index (χ0n) is 5.35. The van der Waals surface area contributed by atoms with Gasteiger partial charge in [-0.15, -0.1) is 11.8 Å². The number of aliphatic imine (C=N–C) groups is 1. The second-order valence-corrected chi connectivity index (χ2v) is 2.72. The molecule has 0 amide bonds. The van der Waals surface area contributed by atoms with E-state index in [-0.39, 0.29) is 0 Å². The van der Waals surface area contributed by atoms with Crippen molar-refractivity contribution in [2.75, 3.05) is 5.75 Å². The number of thioether (sulfide) groups is 1. The minimum atomic E-state index is 1.09. The zero-order valence-corrected chi connectivity index (χ0v) is 6.16. The maximum atomic E-state index is 3.96. The van der Waals surface area contributed by atoms with Gasteiger partial charge in [-0.1, -0.05) is 13.5 Å². The van der Waals surface area contributed by atoms with Crippen LogP contribution in [0.4, 0.5) is 0 Å². The van der Waals surface area contributed by atoms with E-state index in [0.29, 0.717) is 0 Å². The molecule has 0 N–H and O–H groups in total. The summed E-state index contributed by atoms with van der Waals surface area (Å²) in [5.74, 6) is 1.09. The minimum Gasteiger partial charge on any atom is -0.255 e. The molecule has 0 rings (SSSR count). The van der Waals surface area contributed by atoms with E-state index >= 15 is 0 Å². The predicted octanol–water partition coefficient (Wildman–Crippen LogP) is 2.30. The average molecular weight is 129 g/mol. The molecule has 0 aromatic heterocycles. The number of rotatable bonds is 2. The molecule has 2 heteroatoms. The van der Waals surface area contributed by atoms with Crippen molar-refractivity contribution in [2.24, 2.45) is 4.99 Å². The zero-order chi connectivity index (χ0) is 6.41. The van der Waals surface area contributed by atoms with Gasteiger partial charge in [0.1, 0.15) is 0 Å². The molecule has 46 valence electrons. The Balaban J connectivity index is 3.44. The summed E-state index contributed by atoms with van der Waals surface area (Å²) in [4.78, 5) is 3.96. The van der Waals surface area contributed by atoms with E-state index in [9.17, 15) is 0 Å². The van der Waals surface area contributed by atoms with Gasteiger partial charge in [0.15, 0.2) is 0 Å². The maximum absolute atomic E-state index is 3.96. The molecule has 0 radical (unpaired) electrons. The summed E-state index contributed by atoms with van der Waals surface area (Å²) in [6, 6.07) is 0. The first-order chi connectivity index (χ1) is 3.81. The van der Waals surface area contributed by atoms with Crippen molar-refractivity contribution in [1.82, 2.24) is 0 Å². The van der Waals surface area contributed by atoms with Crippen molar-refractivity contribution in [2.45, 2.75) is 13.8 Å². The van der Waals surface area contributed by atoms with E-state index in [4.69, 9.17) is 0 Å². The third-order valence-corrected chi connectivity index (χ3v) is 1.44. The molecule has 0 heterocycles. The van der Waals surface area contributed by atoms with Gasteiger partial charge in [0.25, 0.3) is 0 Å². The lowest BCUT2D eigenvalue weighted by Gasteiger charge is -1.90. The lowest BCUT2D eigenvalue weighted by Crippen LogP contribution is -1.80. The Kier molecular flexibility index (Phi) is 4.76. The molecule has 0 spiro atoms. The third kappa shape index (κ3) is 3.93. The van der Waals surface area contributed by atoms with Crippen LogP contribution in [-0.2, 0) is 0 Å². The monoisotopic (exact) mass is 129 g/mol. The quantitative estimate of drug-likeness (QED) is 0.411. The Morgan fingerprint density at radius 1 is 1.88 bits per heavy atom. The van der Waals surface area contributed by atoms with Crippen molar-refractivity contribution in [3.05, 3.63) is 12.8 Å². The molecule has 1 nitrogen and oxygen atoms in total. The topological polar surface area (TPSA) is 12.4 Å². The molecule has 0 aromatic carbocycles. The van der Waals surface area contributed by atoms with Crippen LogP contribution in [0.5, 0.6) is 0 Å². The average Bonchev–Trinajstić information content (AvgIpc) is 1.68. The maximum Gasteiger partial charge on any atom is 0.0699 e. The van der Waals surface area contributed by atoms with Crippen LogP contribution in [0.1, 0.15) is 13.8 Å². The van der Waals surface area contributed by atoms with Gasteiger partial charge in [-0.25, -0.2) is 0 Å². The lowest BCUT2D eigenvalue weighted by molar-refractivity contribution is 1.53. The summed E-state index contributed by atoms with van der Waals surface area (Å²) < 4.78 is 0. The molecular formula is C6H11NS. The summed E-state index contributed by atoms with van der Waals surface area (Å²) in [6.07, 6.45) is 1.57. The van der Waals surface area contributed by atoms with E-state index in [1.807, 2.05) is 6.92 Å². The molecule has 0 unspecified atom stereocenters. The van der Waals surface area contributed by atoms with Gasteiger partial charge >= 0.3 is 0 Å². The van der Waals surface area contributed by atoms with Gasteiger partial charge < -0.3 is 0 Å². The highest BCUT2D eigenvalue weighted by Crippen LogP contribution is 2.01. The predicted molar refractivity (Wildman–Crippen MR) is 41.4 cm³/mol. The van der Waals surface area contributed by atoms with E-state index in [1.165, 1.54) is 0 Å². The van der Waals surface area contributed by atoms with E-state index in [0.717, 1.165) is 10.8 Å². The molecule has 0 aliphatic carbocycles. The second-order valence-electron chi connectivity index (χ2n) is 1.26. The van der Waals surface area contributed by atoms with Gasteiger partial charge in [-0.3, -0.25) is 4.99 Å². The molecule has 0 atom stereocenters. The Bertz CT molecular complexity index is 96.7. The van der Waals surface area contributed by atoms with Gasteiger partial charge in [-0.2, -0.15) is 0 Å². The van der Waals surface area contributed by atoms with Crippen molar-refractivity contribution in [3.8, 4) is 0 Å². The van der Waals surface area contributed by atoms with Crippen LogP contribution >= 0.6 is 11.8 Å². The van der Waals surface area contributed by atoms with Crippen LogP contribution in [0.3, 0.4) is 0 Å². The van der Waals surface area contributed by atoms with Gasteiger partial charge in [0.2, 0.25) is 0 Å². The standard InChI is InChI=1S/C6H11NS/c1-4-7-6(3)8-5-2/h4H,1,5H2,2-3H3/b7-6+. The fourth-order valence-electron chi connectivity index (χ4n) is 0.375. The van der Waals surface area contributed by atoms with Gasteiger partial charge in [0, 0.05) is 6.20 Å². The van der Waals surface area contributed by atoms with E-state index in [1.54, 1.807) is 18.0 Å². The summed E-state index contributed by atoms with van der Waals surface area (Å²) in [7, 11) is 0. The summed E-state index contributed by atoms with van der Waals surface area (Å²) in [5.41, 5.74) is 0. The summed E-state index contributed by atoms with van der Waals surface area (Å²) >= 11 is 1.73. The van der Waals surface area contributed by atoms with E-state index in [2.05, 4.69) is 18.5 Å². The second kappa shape index (κ2) is 4.91.